The van der Waals surface area contributed by atoms with E-state index in [0.29, 0.717) is 24.1 Å². The lowest BCUT2D eigenvalue weighted by Gasteiger charge is -2.22. The zero-order valence-electron chi connectivity index (χ0n) is 13.0. The molecule has 22 heavy (non-hydrogen) atoms. The molecule has 6 heteroatoms. The molecule has 0 heterocycles. The van der Waals surface area contributed by atoms with Crippen molar-refractivity contribution in [2.45, 2.75) is 51.0 Å². The van der Waals surface area contributed by atoms with Crippen molar-refractivity contribution in [2.75, 3.05) is 5.32 Å². The van der Waals surface area contributed by atoms with Gasteiger partial charge >= 0.3 is 12.1 Å². The van der Waals surface area contributed by atoms with Crippen LogP contribution in [0.4, 0.5) is 10.5 Å². The Labute approximate surface area is 129 Å². The summed E-state index contributed by atoms with van der Waals surface area (Å²) in [4.78, 5) is 23.0. The highest BCUT2D eigenvalue weighted by atomic mass is 16.6. The number of carbonyl (C=O) groups is 2. The van der Waals surface area contributed by atoms with Gasteiger partial charge in [-0.05, 0) is 57.4 Å². The van der Waals surface area contributed by atoms with Gasteiger partial charge in [0.2, 0.25) is 0 Å². The van der Waals surface area contributed by atoms with Gasteiger partial charge in [0.25, 0.3) is 0 Å². The molecule has 0 radical (unpaired) electrons. The van der Waals surface area contributed by atoms with Gasteiger partial charge in [-0.2, -0.15) is 0 Å². The highest BCUT2D eigenvalue weighted by Crippen LogP contribution is 2.54. The predicted octanol–water partition coefficient (Wildman–Crippen LogP) is 3.25. The fraction of sp³-hybridized carbons (Fsp3) is 0.500. The summed E-state index contributed by atoms with van der Waals surface area (Å²) >= 11 is 0. The van der Waals surface area contributed by atoms with E-state index in [1.807, 2.05) is 0 Å². The van der Waals surface area contributed by atoms with Crippen LogP contribution in [-0.2, 0) is 14.9 Å². The van der Waals surface area contributed by atoms with Gasteiger partial charge in [0.15, 0.2) is 0 Å². The zero-order valence-corrected chi connectivity index (χ0v) is 13.0. The molecule has 0 spiro atoms. The molecular weight excluding hydrogens is 286 g/mol. The van der Waals surface area contributed by atoms with E-state index >= 15 is 0 Å². The number of benzene rings is 1. The molecule has 0 aliphatic heterocycles. The Balaban J connectivity index is 2.26. The number of nitrogens with one attached hydrogen (secondary N) is 1. The first-order valence-corrected chi connectivity index (χ1v) is 7.17. The normalized spacial score (nSPS) is 16.0. The molecule has 0 unspecified atom stereocenters. The summed E-state index contributed by atoms with van der Waals surface area (Å²) in [6, 6.07) is 4.53. The number of hydrogen-bond donors (Lipinski definition) is 3. The van der Waals surface area contributed by atoms with Crippen molar-refractivity contribution in [3.63, 3.8) is 0 Å². The Kier molecular flexibility index (Phi) is 4.04. The zero-order chi connectivity index (χ0) is 16.5. The van der Waals surface area contributed by atoms with Gasteiger partial charge in [-0.15, -0.1) is 0 Å². The standard InChI is InChI=1S/C16H21NO5/c1-15(2,3)22-14(21)17-12-5-4-10(18)8-11(12)16(6-7-16)9-13(19)20/h4-5,8,18H,6-7,9H2,1-3H3,(H,17,21)(H,19,20). The lowest BCUT2D eigenvalue weighted by Crippen LogP contribution is -2.28. The lowest BCUT2D eigenvalue weighted by atomic mass is 9.90. The number of rotatable bonds is 4. The summed E-state index contributed by atoms with van der Waals surface area (Å²) in [6.45, 7) is 5.28. The summed E-state index contributed by atoms with van der Waals surface area (Å²) in [7, 11) is 0. The van der Waals surface area contributed by atoms with E-state index in [-0.39, 0.29) is 12.2 Å². The SMILES string of the molecule is CC(C)(C)OC(=O)Nc1ccc(O)cc1C1(CC(=O)O)CC1. The fourth-order valence-corrected chi connectivity index (χ4v) is 2.48. The average Bonchev–Trinajstić information content (AvgIpc) is 3.08. The summed E-state index contributed by atoms with van der Waals surface area (Å²) < 4.78 is 5.21. The first-order valence-electron chi connectivity index (χ1n) is 7.17. The summed E-state index contributed by atoms with van der Waals surface area (Å²) in [5, 5.41) is 21.4. The van der Waals surface area contributed by atoms with Crippen LogP contribution in [0, 0.1) is 0 Å². The van der Waals surface area contributed by atoms with Crippen LogP contribution in [0.5, 0.6) is 5.75 Å². The van der Waals surface area contributed by atoms with Gasteiger partial charge in [-0.1, -0.05) is 0 Å². The van der Waals surface area contributed by atoms with Crippen molar-refractivity contribution in [2.24, 2.45) is 0 Å². The van der Waals surface area contributed by atoms with Crippen molar-refractivity contribution in [1.82, 2.24) is 0 Å². The minimum absolute atomic E-state index is 0.0283. The highest BCUT2D eigenvalue weighted by Gasteiger charge is 2.47. The number of carboxylic acid groups (broad SMARTS) is 1. The number of aromatic hydroxyl groups is 1. The van der Waals surface area contributed by atoms with Gasteiger partial charge in [-0.25, -0.2) is 4.79 Å². The largest absolute Gasteiger partial charge is 0.508 e. The molecule has 0 bridgehead atoms. The van der Waals surface area contributed by atoms with Crippen LogP contribution in [0.25, 0.3) is 0 Å². The summed E-state index contributed by atoms with van der Waals surface area (Å²) in [5.41, 5.74) is -0.0272. The van der Waals surface area contributed by atoms with Crippen molar-refractivity contribution >= 4 is 17.7 Å². The molecule has 1 aliphatic carbocycles. The van der Waals surface area contributed by atoms with Crippen molar-refractivity contribution in [1.29, 1.82) is 0 Å². The third-order valence-electron chi connectivity index (χ3n) is 3.55. The Morgan fingerprint density at radius 1 is 1.32 bits per heavy atom. The fourth-order valence-electron chi connectivity index (χ4n) is 2.48. The van der Waals surface area contributed by atoms with Crippen molar-refractivity contribution in [3.8, 4) is 5.75 Å². The molecule has 2 rings (SSSR count). The topological polar surface area (TPSA) is 95.9 Å². The Hall–Kier alpha value is -2.24. The second-order valence-electron chi connectivity index (χ2n) is 6.71. The van der Waals surface area contributed by atoms with Crippen LogP contribution >= 0.6 is 0 Å². The monoisotopic (exact) mass is 307 g/mol. The molecule has 0 aromatic heterocycles. The Bertz CT molecular complexity index is 599. The second kappa shape index (κ2) is 5.51. The molecule has 1 aliphatic rings. The molecule has 1 aromatic rings. The summed E-state index contributed by atoms with van der Waals surface area (Å²) in [6.07, 6.45) is 0.794. The molecule has 0 saturated heterocycles. The molecule has 0 atom stereocenters. The van der Waals surface area contributed by atoms with Crippen LogP contribution in [0.1, 0.15) is 45.6 Å². The van der Waals surface area contributed by atoms with Crippen LogP contribution in [0.3, 0.4) is 0 Å². The summed E-state index contributed by atoms with van der Waals surface area (Å²) in [5.74, 6) is -0.856. The van der Waals surface area contributed by atoms with E-state index in [9.17, 15) is 14.7 Å². The number of carboxylic acids is 1. The molecular formula is C16H21NO5. The third kappa shape index (κ3) is 3.90. The number of aliphatic carboxylic acids is 1. The minimum atomic E-state index is -0.899. The number of ether oxygens (including phenoxy) is 1. The smallest absolute Gasteiger partial charge is 0.412 e. The molecule has 1 fully saturated rings. The van der Waals surface area contributed by atoms with E-state index in [1.54, 1.807) is 26.8 Å². The van der Waals surface area contributed by atoms with Gasteiger partial charge in [0.05, 0.1) is 6.42 Å². The number of hydrogen-bond acceptors (Lipinski definition) is 4. The Morgan fingerprint density at radius 3 is 2.45 bits per heavy atom. The number of anilines is 1. The molecule has 3 N–H and O–H groups in total. The number of phenolic OH excluding ortho intramolecular Hbond substituents is 1. The maximum atomic E-state index is 11.9. The molecule has 6 nitrogen and oxygen atoms in total. The van der Waals surface area contributed by atoms with Crippen molar-refractivity contribution in [3.05, 3.63) is 23.8 Å². The first kappa shape index (κ1) is 16.1. The van der Waals surface area contributed by atoms with Gasteiger partial charge in [-0.3, -0.25) is 10.1 Å². The second-order valence-corrected chi connectivity index (χ2v) is 6.71. The van der Waals surface area contributed by atoms with Crippen LogP contribution in [0.2, 0.25) is 0 Å². The molecule has 1 amide bonds. The van der Waals surface area contributed by atoms with E-state index in [0.717, 1.165) is 0 Å². The van der Waals surface area contributed by atoms with Crippen LogP contribution in [0.15, 0.2) is 18.2 Å². The van der Waals surface area contributed by atoms with Gasteiger partial charge in [0, 0.05) is 11.1 Å². The first-order chi connectivity index (χ1) is 10.1. The van der Waals surface area contributed by atoms with E-state index in [4.69, 9.17) is 9.84 Å². The van der Waals surface area contributed by atoms with E-state index < -0.39 is 23.1 Å². The number of carbonyl (C=O) groups excluding carboxylic acids is 1. The van der Waals surface area contributed by atoms with E-state index in [2.05, 4.69) is 5.32 Å². The van der Waals surface area contributed by atoms with Gasteiger partial charge in [0.1, 0.15) is 11.4 Å². The minimum Gasteiger partial charge on any atom is -0.508 e. The van der Waals surface area contributed by atoms with Crippen molar-refractivity contribution < 1.29 is 24.5 Å². The van der Waals surface area contributed by atoms with Gasteiger partial charge < -0.3 is 14.9 Å². The number of amides is 1. The molecule has 1 aromatic carbocycles. The third-order valence-corrected chi connectivity index (χ3v) is 3.55. The molecule has 1 saturated carbocycles. The quantitative estimate of drug-likeness (QED) is 0.742. The number of phenols is 1. The Morgan fingerprint density at radius 2 is 1.95 bits per heavy atom. The van der Waals surface area contributed by atoms with E-state index in [1.165, 1.54) is 12.1 Å². The highest BCUT2D eigenvalue weighted by molar-refractivity contribution is 5.87. The lowest BCUT2D eigenvalue weighted by molar-refractivity contribution is -0.137. The maximum absolute atomic E-state index is 11.9. The van der Waals surface area contributed by atoms with Crippen LogP contribution in [-0.4, -0.2) is 27.9 Å². The predicted molar refractivity (Wildman–Crippen MR) is 81.1 cm³/mol. The maximum Gasteiger partial charge on any atom is 0.412 e. The molecule has 120 valence electrons. The van der Waals surface area contributed by atoms with Crippen LogP contribution < -0.4 is 5.32 Å². The average molecular weight is 307 g/mol.